The number of carbonyl (C=O) groups is 4. The smallest absolute Gasteiger partial charge is 0.373 e. The van der Waals surface area contributed by atoms with Crippen LogP contribution in [0.5, 0.6) is 0 Å². The van der Waals surface area contributed by atoms with Crippen LogP contribution in [-0.2, 0) is 41.4 Å². The third kappa shape index (κ3) is 8.41. The second kappa shape index (κ2) is 14.1. The van der Waals surface area contributed by atoms with Crippen molar-refractivity contribution in [3.05, 3.63) is 83.6 Å². The predicted molar refractivity (Wildman–Crippen MR) is 142 cm³/mol. The largest absolute Gasteiger partial charge is 0.479 e. The van der Waals surface area contributed by atoms with Gasteiger partial charge in [-0.25, -0.2) is 9.59 Å². The number of hydrogen-bond donors (Lipinski definition) is 2. The average molecular weight is 536 g/mol. The number of urea groups is 1. The van der Waals surface area contributed by atoms with E-state index in [1.165, 1.54) is 6.08 Å². The number of hydrogen-bond acceptors (Lipinski definition) is 7. The molecular weight excluding hydrogens is 502 g/mol. The van der Waals surface area contributed by atoms with Crippen molar-refractivity contribution in [2.75, 3.05) is 39.5 Å². The van der Waals surface area contributed by atoms with Crippen LogP contribution in [-0.4, -0.2) is 80.2 Å². The van der Waals surface area contributed by atoms with Gasteiger partial charge in [-0.1, -0.05) is 60.7 Å². The van der Waals surface area contributed by atoms with Gasteiger partial charge in [0.1, 0.15) is 19.3 Å². The molecule has 4 rings (SSSR count). The molecule has 0 spiro atoms. The first-order chi connectivity index (χ1) is 19.0. The summed E-state index contributed by atoms with van der Waals surface area (Å²) in [5, 5.41) is 5.68. The van der Waals surface area contributed by atoms with Gasteiger partial charge in [0.15, 0.2) is 5.78 Å². The van der Waals surface area contributed by atoms with Gasteiger partial charge in [-0.3, -0.25) is 9.59 Å². The van der Waals surface area contributed by atoms with Gasteiger partial charge in [0.25, 0.3) is 0 Å². The van der Waals surface area contributed by atoms with E-state index in [4.69, 9.17) is 14.2 Å². The van der Waals surface area contributed by atoms with Crippen LogP contribution in [0.4, 0.5) is 4.79 Å². The van der Waals surface area contributed by atoms with E-state index < -0.39 is 36.4 Å². The number of amides is 3. The number of carbonyl (C=O) groups excluding carboxylic acids is 4. The second-order valence-corrected chi connectivity index (χ2v) is 9.30. The molecule has 1 saturated heterocycles. The Kier molecular flexibility index (Phi) is 10.1. The number of rotatable bonds is 12. The lowest BCUT2D eigenvalue weighted by molar-refractivity contribution is -0.140. The Morgan fingerprint density at radius 2 is 1.56 bits per heavy atom. The van der Waals surface area contributed by atoms with Gasteiger partial charge in [0.05, 0.1) is 19.3 Å². The molecule has 2 aromatic carbocycles. The highest BCUT2D eigenvalue weighted by Gasteiger charge is 2.30. The van der Waals surface area contributed by atoms with E-state index in [1.54, 1.807) is 4.90 Å². The SMILES string of the molecule is O=C1OCC=C1OCC(=O)[C@H](CCc1ccccc1)NC(=O)[C@H](Cc1ccccc1)NC(=O)N1CCOCC1. The van der Waals surface area contributed by atoms with Crippen LogP contribution in [0.15, 0.2) is 72.5 Å². The number of nitrogens with one attached hydrogen (secondary N) is 2. The molecule has 0 saturated carbocycles. The van der Waals surface area contributed by atoms with Crippen LogP contribution < -0.4 is 10.6 Å². The molecule has 2 aliphatic rings. The molecule has 10 nitrogen and oxygen atoms in total. The summed E-state index contributed by atoms with van der Waals surface area (Å²) in [7, 11) is 0. The summed E-state index contributed by atoms with van der Waals surface area (Å²) in [6.07, 6.45) is 2.56. The number of morpholine rings is 1. The lowest BCUT2D eigenvalue weighted by Gasteiger charge is -2.29. The molecule has 2 heterocycles. The zero-order valence-corrected chi connectivity index (χ0v) is 21.7. The van der Waals surface area contributed by atoms with Crippen LogP contribution in [0.2, 0.25) is 0 Å². The Hall–Kier alpha value is -4.18. The highest BCUT2D eigenvalue weighted by atomic mass is 16.6. The molecule has 39 heavy (non-hydrogen) atoms. The topological polar surface area (TPSA) is 123 Å². The number of Topliss-reactive ketones (excluding diaryl/α,β-unsaturated/α-hetero) is 1. The van der Waals surface area contributed by atoms with Crippen molar-refractivity contribution in [3.8, 4) is 0 Å². The summed E-state index contributed by atoms with van der Waals surface area (Å²) in [6.45, 7) is 1.43. The molecule has 206 valence electrons. The number of ether oxygens (including phenoxy) is 3. The van der Waals surface area contributed by atoms with Gasteiger partial charge in [-0.2, -0.15) is 0 Å². The Bertz CT molecular complexity index is 1160. The molecule has 3 amide bonds. The van der Waals surface area contributed by atoms with Crippen molar-refractivity contribution in [1.82, 2.24) is 15.5 Å². The van der Waals surface area contributed by atoms with Crippen molar-refractivity contribution in [2.45, 2.75) is 31.3 Å². The lowest BCUT2D eigenvalue weighted by Crippen LogP contribution is -2.56. The van der Waals surface area contributed by atoms with Crippen LogP contribution in [0.1, 0.15) is 17.5 Å². The zero-order chi connectivity index (χ0) is 27.5. The standard InChI is InChI=1S/C29H33N3O7/c33-25(20-39-26-13-16-38-28(26)35)23(12-11-21-7-3-1-4-8-21)30-27(34)24(19-22-9-5-2-6-10-22)31-29(36)32-14-17-37-18-15-32/h1-10,13,23-24H,11-12,14-20H2,(H,30,34)(H,31,36)/t23-,24-/m0/s1. The van der Waals surface area contributed by atoms with E-state index in [0.29, 0.717) is 39.1 Å². The number of benzene rings is 2. The first-order valence-corrected chi connectivity index (χ1v) is 13.0. The van der Waals surface area contributed by atoms with Crippen molar-refractivity contribution in [1.29, 1.82) is 0 Å². The molecule has 0 aliphatic carbocycles. The minimum Gasteiger partial charge on any atom is -0.479 e. The molecular formula is C29H33N3O7. The molecule has 1 fully saturated rings. The minimum atomic E-state index is -0.914. The van der Waals surface area contributed by atoms with E-state index in [1.807, 2.05) is 60.7 Å². The van der Waals surface area contributed by atoms with Gasteiger partial charge in [-0.05, 0) is 24.0 Å². The normalized spacial score (nSPS) is 16.5. The van der Waals surface area contributed by atoms with Gasteiger partial charge < -0.3 is 29.7 Å². The van der Waals surface area contributed by atoms with E-state index in [0.717, 1.165) is 11.1 Å². The van der Waals surface area contributed by atoms with Crippen LogP contribution in [0.3, 0.4) is 0 Å². The molecule has 2 aliphatic heterocycles. The maximum atomic E-state index is 13.6. The Morgan fingerprint density at radius 1 is 0.897 bits per heavy atom. The van der Waals surface area contributed by atoms with Crippen molar-refractivity contribution in [3.63, 3.8) is 0 Å². The second-order valence-electron chi connectivity index (χ2n) is 9.30. The number of esters is 1. The monoisotopic (exact) mass is 535 g/mol. The average Bonchev–Trinajstić information content (AvgIpc) is 3.39. The maximum Gasteiger partial charge on any atom is 0.373 e. The van der Waals surface area contributed by atoms with Crippen molar-refractivity contribution >= 4 is 23.7 Å². The van der Waals surface area contributed by atoms with Gasteiger partial charge >= 0.3 is 12.0 Å². The fourth-order valence-corrected chi connectivity index (χ4v) is 4.32. The first-order valence-electron chi connectivity index (χ1n) is 13.0. The molecule has 0 unspecified atom stereocenters. The van der Waals surface area contributed by atoms with Gasteiger partial charge in [-0.15, -0.1) is 0 Å². The molecule has 0 radical (unpaired) electrons. The summed E-state index contributed by atoms with van der Waals surface area (Å²) in [5.41, 5.74) is 1.87. The number of aryl methyl sites for hydroxylation is 1. The number of cyclic esters (lactones) is 1. The summed E-state index contributed by atoms with van der Waals surface area (Å²) in [4.78, 5) is 53.0. The highest BCUT2D eigenvalue weighted by molar-refractivity contribution is 5.94. The predicted octanol–water partition coefficient (Wildman–Crippen LogP) is 1.78. The highest BCUT2D eigenvalue weighted by Crippen LogP contribution is 2.12. The lowest BCUT2D eigenvalue weighted by atomic mass is 10.0. The van der Waals surface area contributed by atoms with Crippen molar-refractivity contribution < 1.29 is 33.4 Å². The van der Waals surface area contributed by atoms with E-state index >= 15 is 0 Å². The molecule has 2 atom stereocenters. The molecule has 0 aromatic heterocycles. The molecule has 0 bridgehead atoms. The maximum absolute atomic E-state index is 13.6. The zero-order valence-electron chi connectivity index (χ0n) is 21.7. The first kappa shape index (κ1) is 27.8. The minimum absolute atomic E-state index is 0.0174. The molecule has 2 N–H and O–H groups in total. The van der Waals surface area contributed by atoms with Gasteiger partial charge in [0.2, 0.25) is 11.7 Å². The summed E-state index contributed by atoms with van der Waals surface area (Å²) in [5.74, 6) is -1.51. The quantitative estimate of drug-likeness (QED) is 0.397. The van der Waals surface area contributed by atoms with Crippen molar-refractivity contribution in [2.24, 2.45) is 0 Å². The summed E-state index contributed by atoms with van der Waals surface area (Å²) < 4.78 is 15.5. The van der Waals surface area contributed by atoms with Crippen LogP contribution >= 0.6 is 0 Å². The summed E-state index contributed by atoms with van der Waals surface area (Å²) in [6, 6.07) is 16.8. The van der Waals surface area contributed by atoms with Crippen LogP contribution in [0.25, 0.3) is 0 Å². The van der Waals surface area contributed by atoms with Gasteiger partial charge in [0, 0.05) is 25.6 Å². The van der Waals surface area contributed by atoms with E-state index in [2.05, 4.69) is 10.6 Å². The molecule has 10 heteroatoms. The fraction of sp³-hybridized carbons (Fsp3) is 0.379. The Morgan fingerprint density at radius 3 is 2.21 bits per heavy atom. The van der Waals surface area contributed by atoms with E-state index in [9.17, 15) is 19.2 Å². The Labute approximate surface area is 227 Å². The number of ketones is 1. The molecule has 2 aromatic rings. The third-order valence-electron chi connectivity index (χ3n) is 6.52. The van der Waals surface area contributed by atoms with E-state index in [-0.39, 0.29) is 24.8 Å². The fourth-order valence-electron chi connectivity index (χ4n) is 4.32. The summed E-state index contributed by atoms with van der Waals surface area (Å²) >= 11 is 0. The van der Waals surface area contributed by atoms with Crippen LogP contribution in [0, 0.1) is 0 Å². The Balaban J connectivity index is 1.46. The third-order valence-corrected chi connectivity index (χ3v) is 6.52. The number of nitrogens with zero attached hydrogens (tertiary/aromatic N) is 1.